The Kier molecular flexibility index (Phi) is 2.45. The van der Waals surface area contributed by atoms with Gasteiger partial charge in [0.2, 0.25) is 0 Å². The summed E-state index contributed by atoms with van der Waals surface area (Å²) in [6.07, 6.45) is 3.56. The molecule has 0 radical (unpaired) electrons. The lowest BCUT2D eigenvalue weighted by atomic mass is 10.00. The largest absolute Gasteiger partial charge is 0.451 e. The zero-order valence-corrected chi connectivity index (χ0v) is 11.4. The average molecular weight is 290 g/mol. The molecule has 2 heterocycles. The fourth-order valence-electron chi connectivity index (χ4n) is 2.95. The molecule has 2 aliphatic rings. The molecule has 0 atom stereocenters. The second kappa shape index (κ2) is 4.09. The van der Waals surface area contributed by atoms with Crippen LogP contribution < -0.4 is 0 Å². The quantitative estimate of drug-likeness (QED) is 0.752. The maximum absolute atomic E-state index is 12.1. The van der Waals surface area contributed by atoms with Crippen LogP contribution in [0.3, 0.4) is 0 Å². The van der Waals surface area contributed by atoms with E-state index in [1.54, 1.807) is 18.2 Å². The van der Waals surface area contributed by atoms with E-state index in [0.717, 1.165) is 31.1 Å². The van der Waals surface area contributed by atoms with Crippen LogP contribution in [0, 0.1) is 0 Å². The standard InChI is InChI=1S/C15H12ClNO3/c16-10-3-4-11-9(7-10)8-12(19-11)13-17-15(14(18)20-13)5-1-2-6-15/h3-4,7-8H,1-2,5-6H2. The number of esters is 1. The van der Waals surface area contributed by atoms with Gasteiger partial charge in [-0.25, -0.2) is 9.79 Å². The van der Waals surface area contributed by atoms with Gasteiger partial charge in [0.05, 0.1) is 0 Å². The van der Waals surface area contributed by atoms with Crippen LogP contribution in [0.2, 0.25) is 5.02 Å². The first-order chi connectivity index (χ1) is 9.66. The molecule has 1 aliphatic heterocycles. The van der Waals surface area contributed by atoms with Crippen molar-refractivity contribution >= 4 is 34.4 Å². The molecule has 0 bridgehead atoms. The van der Waals surface area contributed by atoms with E-state index in [1.165, 1.54) is 0 Å². The molecular weight excluding hydrogens is 278 g/mol. The molecule has 1 saturated carbocycles. The van der Waals surface area contributed by atoms with Gasteiger partial charge in [-0.2, -0.15) is 0 Å². The number of aliphatic imine (C=N–C) groups is 1. The number of rotatable bonds is 1. The molecule has 1 spiro atoms. The van der Waals surface area contributed by atoms with Crippen molar-refractivity contribution in [3.8, 4) is 0 Å². The Bertz CT molecular complexity index is 741. The minimum atomic E-state index is -0.661. The summed E-state index contributed by atoms with van der Waals surface area (Å²) >= 11 is 5.95. The van der Waals surface area contributed by atoms with E-state index >= 15 is 0 Å². The van der Waals surface area contributed by atoms with Crippen LogP contribution in [-0.4, -0.2) is 17.4 Å². The molecule has 0 saturated heterocycles. The molecule has 2 aromatic rings. The van der Waals surface area contributed by atoms with Gasteiger partial charge in [0.1, 0.15) is 5.58 Å². The third-order valence-corrected chi connectivity index (χ3v) is 4.24. The number of cyclic esters (lactones) is 1. The first kappa shape index (κ1) is 12.0. The van der Waals surface area contributed by atoms with Crippen molar-refractivity contribution in [2.24, 2.45) is 4.99 Å². The van der Waals surface area contributed by atoms with Gasteiger partial charge in [0, 0.05) is 10.4 Å². The zero-order chi connectivity index (χ0) is 13.7. The predicted octanol–water partition coefficient (Wildman–Crippen LogP) is 3.70. The summed E-state index contributed by atoms with van der Waals surface area (Å²) in [5.41, 5.74) is 0.0434. The van der Waals surface area contributed by atoms with Gasteiger partial charge in [-0.05, 0) is 37.1 Å². The molecule has 0 unspecified atom stereocenters. The molecule has 20 heavy (non-hydrogen) atoms. The van der Waals surface area contributed by atoms with E-state index in [2.05, 4.69) is 4.99 Å². The second-order valence-electron chi connectivity index (χ2n) is 5.34. The van der Waals surface area contributed by atoms with Gasteiger partial charge in [0.25, 0.3) is 5.90 Å². The number of carbonyl (C=O) groups is 1. The lowest BCUT2D eigenvalue weighted by molar-refractivity contribution is -0.138. The van der Waals surface area contributed by atoms with Crippen LogP contribution in [0.1, 0.15) is 31.4 Å². The van der Waals surface area contributed by atoms with Crippen molar-refractivity contribution in [1.29, 1.82) is 0 Å². The Morgan fingerprint density at radius 3 is 2.80 bits per heavy atom. The fraction of sp³-hybridized carbons (Fsp3) is 0.333. The Balaban J connectivity index is 1.78. The highest BCUT2D eigenvalue weighted by Gasteiger charge is 2.48. The lowest BCUT2D eigenvalue weighted by Gasteiger charge is -2.12. The summed E-state index contributed by atoms with van der Waals surface area (Å²) in [5.74, 6) is 0.534. The highest BCUT2D eigenvalue weighted by molar-refractivity contribution is 6.31. The van der Waals surface area contributed by atoms with E-state index in [-0.39, 0.29) is 5.97 Å². The van der Waals surface area contributed by atoms with Gasteiger partial charge in [0.15, 0.2) is 11.3 Å². The second-order valence-corrected chi connectivity index (χ2v) is 5.77. The molecule has 1 aliphatic carbocycles. The molecule has 1 aromatic carbocycles. The number of fused-ring (bicyclic) bond motifs is 1. The number of ether oxygens (including phenoxy) is 1. The van der Waals surface area contributed by atoms with Gasteiger partial charge >= 0.3 is 5.97 Å². The van der Waals surface area contributed by atoms with Gasteiger partial charge in [-0.3, -0.25) is 0 Å². The smallest absolute Gasteiger partial charge is 0.341 e. The molecule has 4 nitrogen and oxygen atoms in total. The normalized spacial score (nSPS) is 20.6. The third kappa shape index (κ3) is 1.68. The van der Waals surface area contributed by atoms with Crippen LogP contribution in [0.25, 0.3) is 11.0 Å². The maximum atomic E-state index is 12.1. The maximum Gasteiger partial charge on any atom is 0.341 e. The monoisotopic (exact) mass is 289 g/mol. The molecule has 102 valence electrons. The topological polar surface area (TPSA) is 51.8 Å². The van der Waals surface area contributed by atoms with Gasteiger partial charge in [-0.15, -0.1) is 0 Å². The number of hydrogen-bond donors (Lipinski definition) is 0. The van der Waals surface area contributed by atoms with Gasteiger partial charge in [-0.1, -0.05) is 24.4 Å². The summed E-state index contributed by atoms with van der Waals surface area (Å²) in [4.78, 5) is 16.6. The first-order valence-corrected chi connectivity index (χ1v) is 7.06. The van der Waals surface area contributed by atoms with E-state index in [1.807, 2.05) is 6.07 Å². The highest BCUT2D eigenvalue weighted by atomic mass is 35.5. The van der Waals surface area contributed by atoms with Crippen molar-refractivity contribution < 1.29 is 13.9 Å². The van der Waals surface area contributed by atoms with E-state index in [9.17, 15) is 4.79 Å². The summed E-state index contributed by atoms with van der Waals surface area (Å²) in [6, 6.07) is 7.18. The minimum absolute atomic E-state index is 0.247. The van der Waals surface area contributed by atoms with Gasteiger partial charge < -0.3 is 9.15 Å². The van der Waals surface area contributed by atoms with Crippen molar-refractivity contribution in [1.82, 2.24) is 0 Å². The average Bonchev–Trinajstić information content (AvgIpc) is 3.10. The summed E-state index contributed by atoms with van der Waals surface area (Å²) in [5, 5.41) is 1.51. The Labute approximate surface area is 120 Å². The zero-order valence-electron chi connectivity index (χ0n) is 10.7. The molecule has 1 aromatic heterocycles. The van der Waals surface area contributed by atoms with Crippen molar-refractivity contribution in [2.45, 2.75) is 31.2 Å². The van der Waals surface area contributed by atoms with Crippen LogP contribution in [0.15, 0.2) is 33.7 Å². The predicted molar refractivity (Wildman–Crippen MR) is 75.1 cm³/mol. The van der Waals surface area contributed by atoms with Crippen LogP contribution in [0.5, 0.6) is 0 Å². The number of carbonyl (C=O) groups excluding carboxylic acids is 1. The number of nitrogens with zero attached hydrogens (tertiary/aromatic N) is 1. The van der Waals surface area contributed by atoms with Crippen molar-refractivity contribution in [3.63, 3.8) is 0 Å². The van der Waals surface area contributed by atoms with E-state index in [4.69, 9.17) is 20.8 Å². The molecule has 1 fully saturated rings. The first-order valence-electron chi connectivity index (χ1n) is 6.68. The number of hydrogen-bond acceptors (Lipinski definition) is 4. The fourth-order valence-corrected chi connectivity index (χ4v) is 3.13. The molecule has 0 amide bonds. The van der Waals surface area contributed by atoms with Crippen molar-refractivity contribution in [2.75, 3.05) is 0 Å². The van der Waals surface area contributed by atoms with E-state index < -0.39 is 5.54 Å². The third-order valence-electron chi connectivity index (χ3n) is 4.00. The Morgan fingerprint density at radius 2 is 2.00 bits per heavy atom. The minimum Gasteiger partial charge on any atom is -0.451 e. The summed E-state index contributed by atoms with van der Waals surface area (Å²) in [7, 11) is 0. The Morgan fingerprint density at radius 1 is 1.20 bits per heavy atom. The molecule has 5 heteroatoms. The SMILES string of the molecule is O=C1OC(c2cc3cc(Cl)ccc3o2)=NC12CCCC2. The Hall–Kier alpha value is -1.81. The van der Waals surface area contributed by atoms with Crippen LogP contribution >= 0.6 is 11.6 Å². The number of furan rings is 1. The van der Waals surface area contributed by atoms with Crippen LogP contribution in [-0.2, 0) is 9.53 Å². The van der Waals surface area contributed by atoms with Crippen LogP contribution in [0.4, 0.5) is 0 Å². The molecular formula is C15H12ClNO3. The summed E-state index contributed by atoms with van der Waals surface area (Å²) in [6.45, 7) is 0. The molecule has 0 N–H and O–H groups in total. The van der Waals surface area contributed by atoms with Crippen molar-refractivity contribution in [3.05, 3.63) is 35.0 Å². The van der Waals surface area contributed by atoms with E-state index in [0.29, 0.717) is 22.3 Å². The summed E-state index contributed by atoms with van der Waals surface area (Å²) < 4.78 is 11.0. The highest BCUT2D eigenvalue weighted by Crippen LogP contribution is 2.39. The lowest BCUT2D eigenvalue weighted by Crippen LogP contribution is -2.29. The molecule has 4 rings (SSSR count). The number of halogens is 1. The number of benzene rings is 1.